The molecule has 0 aliphatic rings. The van der Waals surface area contributed by atoms with Gasteiger partial charge in [-0.1, -0.05) is 42.2 Å². The molecule has 4 aromatic carbocycles. The van der Waals surface area contributed by atoms with Crippen LogP contribution in [0.1, 0.15) is 16.7 Å². The summed E-state index contributed by atoms with van der Waals surface area (Å²) in [6, 6.07) is 19.3. The Bertz CT molecular complexity index is 1320. The Balaban J connectivity index is 1.58. The smallest absolute Gasteiger partial charge is 0.139 e. The van der Waals surface area contributed by atoms with E-state index in [9.17, 15) is 13.2 Å². The van der Waals surface area contributed by atoms with Gasteiger partial charge >= 0.3 is 0 Å². The molecule has 0 radical (unpaired) electrons. The van der Waals surface area contributed by atoms with Crippen LogP contribution in [0.25, 0.3) is 21.9 Å². The summed E-state index contributed by atoms with van der Waals surface area (Å²) >= 11 is 0. The van der Waals surface area contributed by atoms with Gasteiger partial charge < -0.3 is 4.74 Å². The van der Waals surface area contributed by atoms with Crippen LogP contribution in [0.2, 0.25) is 0 Å². The predicted octanol–water partition coefficient (Wildman–Crippen LogP) is 6.51. The Morgan fingerprint density at radius 3 is 2.32 bits per heavy atom. The van der Waals surface area contributed by atoms with Gasteiger partial charge in [0.2, 0.25) is 0 Å². The molecule has 0 N–H and O–H groups in total. The molecule has 0 spiro atoms. The minimum atomic E-state index is -0.518. The molecule has 0 heterocycles. The second-order valence-corrected chi connectivity index (χ2v) is 7.21. The van der Waals surface area contributed by atoms with Crippen LogP contribution in [-0.2, 0) is 11.2 Å². The highest BCUT2D eigenvalue weighted by Crippen LogP contribution is 2.26. The lowest BCUT2D eigenvalue weighted by Gasteiger charge is -2.07. The molecule has 1 nitrogen and oxygen atoms in total. The van der Waals surface area contributed by atoms with Crippen molar-refractivity contribution in [3.8, 4) is 23.0 Å². The highest BCUT2D eigenvalue weighted by Gasteiger charge is 2.09. The van der Waals surface area contributed by atoms with Crippen LogP contribution in [0.5, 0.6) is 0 Å². The van der Waals surface area contributed by atoms with E-state index in [0.717, 1.165) is 16.3 Å². The Kier molecular flexibility index (Phi) is 6.06. The number of methoxy groups -OCH3 is 1. The molecule has 0 saturated heterocycles. The standard InChI is InChI=1S/C27H19F3O/c1-31-13-12-19-4-11-25(27(30)15-19)23-8-7-20(26(29)17-23)5-2-18-3-6-22-16-24(28)10-9-21(22)14-18/h3-4,6-11,14-17H,12-13H2,1H3. The lowest BCUT2D eigenvalue weighted by atomic mass is 10.0. The zero-order valence-corrected chi connectivity index (χ0v) is 16.9. The van der Waals surface area contributed by atoms with Crippen molar-refractivity contribution in [1.29, 1.82) is 0 Å². The molecule has 0 fully saturated rings. The molecule has 0 aromatic heterocycles. The monoisotopic (exact) mass is 416 g/mol. The molecule has 0 saturated carbocycles. The molecule has 4 aromatic rings. The molecule has 0 atom stereocenters. The molecule has 154 valence electrons. The predicted molar refractivity (Wildman–Crippen MR) is 117 cm³/mol. The average molecular weight is 416 g/mol. The van der Waals surface area contributed by atoms with Gasteiger partial charge in [0, 0.05) is 18.2 Å². The fraction of sp³-hybridized carbons (Fsp3) is 0.111. The van der Waals surface area contributed by atoms with Crippen molar-refractivity contribution in [3.05, 3.63) is 107 Å². The van der Waals surface area contributed by atoms with Crippen LogP contribution in [-0.4, -0.2) is 13.7 Å². The third kappa shape index (κ3) is 4.79. The number of rotatable bonds is 4. The molecular formula is C27H19F3O. The molecule has 0 aliphatic heterocycles. The van der Waals surface area contributed by atoms with Crippen molar-refractivity contribution < 1.29 is 17.9 Å². The summed E-state index contributed by atoms with van der Waals surface area (Å²) < 4.78 is 47.4. The molecule has 31 heavy (non-hydrogen) atoms. The summed E-state index contributed by atoms with van der Waals surface area (Å²) in [5, 5.41) is 1.63. The minimum absolute atomic E-state index is 0.222. The first-order chi connectivity index (χ1) is 15.0. The van der Waals surface area contributed by atoms with Crippen LogP contribution in [0.3, 0.4) is 0 Å². The maximum atomic E-state index is 14.6. The van der Waals surface area contributed by atoms with Crippen molar-refractivity contribution in [2.75, 3.05) is 13.7 Å². The number of hydrogen-bond donors (Lipinski definition) is 0. The molecule has 0 unspecified atom stereocenters. The van der Waals surface area contributed by atoms with Crippen LogP contribution >= 0.6 is 0 Å². The third-order valence-electron chi connectivity index (χ3n) is 5.05. The lowest BCUT2D eigenvalue weighted by Crippen LogP contribution is -1.96. The zero-order chi connectivity index (χ0) is 21.8. The Morgan fingerprint density at radius 2 is 1.55 bits per heavy atom. The van der Waals surface area contributed by atoms with Gasteiger partial charge in [0.15, 0.2) is 0 Å². The van der Waals surface area contributed by atoms with Crippen LogP contribution in [0, 0.1) is 29.3 Å². The second-order valence-electron chi connectivity index (χ2n) is 7.21. The van der Waals surface area contributed by atoms with E-state index in [0.29, 0.717) is 29.7 Å². The van der Waals surface area contributed by atoms with Gasteiger partial charge in [-0.25, -0.2) is 13.2 Å². The summed E-state index contributed by atoms with van der Waals surface area (Å²) in [5.41, 5.74) is 2.53. The first-order valence-corrected chi connectivity index (χ1v) is 9.82. The van der Waals surface area contributed by atoms with Gasteiger partial charge in [-0.3, -0.25) is 0 Å². The van der Waals surface area contributed by atoms with E-state index in [-0.39, 0.29) is 11.4 Å². The minimum Gasteiger partial charge on any atom is -0.384 e. The quantitative estimate of drug-likeness (QED) is 0.345. The summed E-state index contributed by atoms with van der Waals surface area (Å²) in [4.78, 5) is 0. The van der Waals surface area contributed by atoms with Gasteiger partial charge in [0.05, 0.1) is 12.2 Å². The van der Waals surface area contributed by atoms with Gasteiger partial charge in [-0.15, -0.1) is 0 Å². The maximum Gasteiger partial charge on any atom is 0.139 e. The van der Waals surface area contributed by atoms with E-state index in [1.165, 1.54) is 24.3 Å². The number of halogens is 3. The van der Waals surface area contributed by atoms with E-state index < -0.39 is 11.6 Å². The van der Waals surface area contributed by atoms with E-state index in [1.54, 1.807) is 43.5 Å². The summed E-state index contributed by atoms with van der Waals surface area (Å²) in [5.74, 6) is 4.54. The lowest BCUT2D eigenvalue weighted by molar-refractivity contribution is 0.202. The highest BCUT2D eigenvalue weighted by molar-refractivity contribution is 5.84. The van der Waals surface area contributed by atoms with Gasteiger partial charge in [-0.05, 0) is 70.8 Å². The molecular weight excluding hydrogens is 397 g/mol. The van der Waals surface area contributed by atoms with Crippen molar-refractivity contribution in [3.63, 3.8) is 0 Å². The summed E-state index contributed by atoms with van der Waals surface area (Å²) in [6.07, 6.45) is 0.611. The van der Waals surface area contributed by atoms with Crippen molar-refractivity contribution in [2.45, 2.75) is 6.42 Å². The Morgan fingerprint density at radius 1 is 0.742 bits per heavy atom. The Labute approximate surface area is 179 Å². The van der Waals surface area contributed by atoms with E-state index in [1.807, 2.05) is 12.1 Å². The fourth-order valence-electron chi connectivity index (χ4n) is 3.39. The average Bonchev–Trinajstić information content (AvgIpc) is 2.77. The number of fused-ring (bicyclic) bond motifs is 1. The van der Waals surface area contributed by atoms with Crippen LogP contribution in [0.4, 0.5) is 13.2 Å². The Hall–Kier alpha value is -3.55. The molecule has 4 heteroatoms. The topological polar surface area (TPSA) is 9.23 Å². The van der Waals surface area contributed by atoms with E-state index in [2.05, 4.69) is 11.8 Å². The van der Waals surface area contributed by atoms with Gasteiger partial charge in [-0.2, -0.15) is 0 Å². The first-order valence-electron chi connectivity index (χ1n) is 9.82. The summed E-state index contributed by atoms with van der Waals surface area (Å²) in [6.45, 7) is 0.509. The molecule has 0 amide bonds. The molecule has 0 bridgehead atoms. The molecule has 0 aliphatic carbocycles. The van der Waals surface area contributed by atoms with E-state index >= 15 is 0 Å². The van der Waals surface area contributed by atoms with Crippen molar-refractivity contribution in [2.24, 2.45) is 0 Å². The SMILES string of the molecule is COCCc1ccc(-c2ccc(C#Cc3ccc4cc(F)ccc4c3)c(F)c2)c(F)c1. The first kappa shape index (κ1) is 20.7. The highest BCUT2D eigenvalue weighted by atomic mass is 19.1. The second kappa shape index (κ2) is 9.07. The van der Waals surface area contributed by atoms with Gasteiger partial charge in [0.25, 0.3) is 0 Å². The summed E-state index contributed by atoms with van der Waals surface area (Å²) in [7, 11) is 1.60. The van der Waals surface area contributed by atoms with Crippen molar-refractivity contribution in [1.82, 2.24) is 0 Å². The van der Waals surface area contributed by atoms with Crippen molar-refractivity contribution >= 4 is 10.8 Å². The fourth-order valence-corrected chi connectivity index (χ4v) is 3.39. The third-order valence-corrected chi connectivity index (χ3v) is 5.05. The largest absolute Gasteiger partial charge is 0.384 e. The van der Waals surface area contributed by atoms with E-state index in [4.69, 9.17) is 4.74 Å². The number of hydrogen-bond acceptors (Lipinski definition) is 1. The number of ether oxygens (including phenoxy) is 1. The normalized spacial score (nSPS) is 10.7. The molecule has 4 rings (SSSR count). The maximum absolute atomic E-state index is 14.6. The van der Waals surface area contributed by atoms with Crippen LogP contribution < -0.4 is 0 Å². The zero-order valence-electron chi connectivity index (χ0n) is 16.9. The van der Waals surface area contributed by atoms with Crippen LogP contribution in [0.15, 0.2) is 72.8 Å². The number of benzene rings is 4. The van der Waals surface area contributed by atoms with Gasteiger partial charge in [0.1, 0.15) is 17.5 Å².